The Morgan fingerprint density at radius 3 is 1.16 bits per heavy atom. The van der Waals surface area contributed by atoms with Crippen LogP contribution in [0.1, 0.15) is 275 Å². The van der Waals surface area contributed by atoms with E-state index < -0.39 is 247 Å². The molecule has 1 N–H and O–H groups in total. The minimum Gasteiger partial charge on any atom is -0.461 e. The van der Waals surface area contributed by atoms with Gasteiger partial charge in [-0.25, -0.2) is 51.1 Å². The number of halogens is 20. The van der Waals surface area contributed by atoms with E-state index in [2.05, 4.69) is 33.2 Å². The van der Waals surface area contributed by atoms with Crippen LogP contribution >= 0.6 is 0 Å². The summed E-state index contributed by atoms with van der Waals surface area (Å²) in [6.45, 7) is 3.46. The van der Waals surface area contributed by atoms with Crippen LogP contribution in [0.2, 0.25) is 0 Å². The molecule has 25 nitrogen and oxygen atoms in total. The zero-order valence-electron chi connectivity index (χ0n) is 79.6. The van der Waals surface area contributed by atoms with Crippen LogP contribution in [0.5, 0.6) is 0 Å². The van der Waals surface area contributed by atoms with Crippen LogP contribution in [-0.4, -0.2) is 210 Å². The summed E-state index contributed by atoms with van der Waals surface area (Å²) in [5, 5.41) is 10.8. The van der Waals surface area contributed by atoms with Crippen LogP contribution in [0, 0.1) is 111 Å². The second-order valence-electron chi connectivity index (χ2n) is 43.3. The molecule has 20 aliphatic rings. The van der Waals surface area contributed by atoms with E-state index in [0.717, 1.165) is 140 Å². The molecular formula is C95H126F20O25. The van der Waals surface area contributed by atoms with E-state index in [0.29, 0.717) is 95.8 Å². The lowest BCUT2D eigenvalue weighted by Gasteiger charge is -2.60. The summed E-state index contributed by atoms with van der Waals surface area (Å²) in [4.78, 5) is 134. The predicted molar refractivity (Wildman–Crippen MR) is 440 cm³/mol. The molecule has 0 aromatic heterocycles. The minimum absolute atomic E-state index is 0.0948. The molecule has 0 aromatic carbocycles. The highest BCUT2D eigenvalue weighted by molar-refractivity contribution is 5.89. The summed E-state index contributed by atoms with van der Waals surface area (Å²) in [6, 6.07) is 0. The van der Waals surface area contributed by atoms with Crippen LogP contribution in [0.15, 0.2) is 0 Å². The van der Waals surface area contributed by atoms with Gasteiger partial charge in [-0.1, -0.05) is 20.3 Å². The maximum absolute atomic E-state index is 14.1. The average molecular weight is 2050 g/mol. The van der Waals surface area contributed by atoms with Crippen molar-refractivity contribution < 1.29 is 207 Å². The number of alkyl halides is 20. The van der Waals surface area contributed by atoms with Crippen molar-refractivity contribution in [3.63, 3.8) is 0 Å². The van der Waals surface area contributed by atoms with Gasteiger partial charge >= 0.3 is 131 Å². The zero-order valence-corrected chi connectivity index (χ0v) is 79.6. The third-order valence-corrected chi connectivity index (χ3v) is 32.9. The van der Waals surface area contributed by atoms with E-state index in [1.54, 1.807) is 0 Å². The SMILES string of the molecule is CC(F)(F)C(=O)OCC(=O)OC1(C)C2CC3CC(C2)CC1C3.CCC1(OC(=O)C2C3CC4C(OC(=O)C42)C3OC(=O)C(C)(F)F)CCCCC1.CCC1(OC(=O)COC(=O)C(C)(F)F)C2CC3CC(C2)CC1C3.CCOC(=O)C(OCCC(F)(F)C(C)(F)F)(OC(=O)C12CC3CC(CC(C3)C1)C2)C(F)(F)F.CCOC(=O)C(OCCC(F)(F)C(C)(F)F)(OC(=O)C12CC3CC(CC(O)(C3)C1)C2)C(F)(F)F. The van der Waals surface area contributed by atoms with Crippen molar-refractivity contribution in [2.45, 2.75) is 375 Å². The molecule has 0 radical (unpaired) electrons. The summed E-state index contributed by atoms with van der Waals surface area (Å²) < 4.78 is 332. The first-order valence-electron chi connectivity index (χ1n) is 48.6. The number of ether oxygens (including phenoxy) is 13. The molecular weight excluding hydrogens is 1920 g/mol. The predicted octanol–water partition coefficient (Wildman–Crippen LogP) is 18.9. The molecule has 140 heavy (non-hydrogen) atoms. The number of aliphatic hydroxyl groups is 1. The molecule has 1 heterocycles. The Balaban J connectivity index is 0.000000158. The van der Waals surface area contributed by atoms with Gasteiger partial charge in [0.25, 0.3) is 0 Å². The smallest absolute Gasteiger partial charge is 0.461 e. The van der Waals surface area contributed by atoms with Crippen LogP contribution < -0.4 is 0 Å². The molecule has 18 bridgehead atoms. The Bertz CT molecular complexity index is 4400. The Morgan fingerprint density at radius 2 is 0.793 bits per heavy atom. The highest BCUT2D eigenvalue weighted by Crippen LogP contribution is 2.67. The molecule has 0 spiro atoms. The number of hydrogen-bond acceptors (Lipinski definition) is 25. The van der Waals surface area contributed by atoms with Gasteiger partial charge in [0, 0.05) is 59.3 Å². The third-order valence-electron chi connectivity index (χ3n) is 32.9. The topological polar surface area (TPSA) is 328 Å². The van der Waals surface area contributed by atoms with Gasteiger partial charge in [0.05, 0.1) is 54.7 Å². The molecule has 20 rings (SSSR count). The first-order valence-corrected chi connectivity index (χ1v) is 48.6. The lowest BCUT2D eigenvalue weighted by Crippen LogP contribution is -2.63. The van der Waals surface area contributed by atoms with Crippen LogP contribution in [0.4, 0.5) is 87.8 Å². The van der Waals surface area contributed by atoms with E-state index in [1.807, 2.05) is 20.8 Å². The molecule has 20 fully saturated rings. The molecule has 19 aliphatic carbocycles. The van der Waals surface area contributed by atoms with Crippen LogP contribution in [0.3, 0.4) is 0 Å². The van der Waals surface area contributed by atoms with E-state index in [4.69, 9.17) is 28.4 Å². The van der Waals surface area contributed by atoms with Gasteiger partial charge in [0.1, 0.15) is 29.0 Å². The van der Waals surface area contributed by atoms with E-state index in [1.165, 1.54) is 19.8 Å². The molecule has 1 aliphatic heterocycles. The molecule has 19 saturated carbocycles. The highest BCUT2D eigenvalue weighted by atomic mass is 19.4. The Morgan fingerprint density at radius 1 is 0.414 bits per heavy atom. The van der Waals surface area contributed by atoms with Gasteiger partial charge < -0.3 is 66.7 Å². The Kier molecular flexibility index (Phi) is 32.2. The normalized spacial score (nSPS) is 35.5. The quantitative estimate of drug-likeness (QED) is 0.0283. The first-order chi connectivity index (χ1) is 64.5. The Labute approximate surface area is 795 Å². The third kappa shape index (κ3) is 23.1. The van der Waals surface area contributed by atoms with Gasteiger partial charge in [-0.2, -0.15) is 70.2 Å². The summed E-state index contributed by atoms with van der Waals surface area (Å²) >= 11 is 0. The largest absolute Gasteiger partial charge is 0.468 e. The van der Waals surface area contributed by atoms with E-state index >= 15 is 0 Å². The number of rotatable bonds is 32. The molecule has 10 unspecified atom stereocenters. The molecule has 1 saturated heterocycles. The summed E-state index contributed by atoms with van der Waals surface area (Å²) in [7, 11) is 0. The Hall–Kier alpha value is -7.35. The van der Waals surface area contributed by atoms with E-state index in [-0.39, 0.29) is 68.6 Å². The van der Waals surface area contributed by atoms with Crippen molar-refractivity contribution in [1.82, 2.24) is 0 Å². The number of hydrogen-bond donors (Lipinski definition) is 1. The van der Waals surface area contributed by atoms with Crippen molar-refractivity contribution in [2.75, 3.05) is 39.6 Å². The van der Waals surface area contributed by atoms with Gasteiger partial charge in [-0.05, 0) is 284 Å². The maximum atomic E-state index is 14.1. The van der Waals surface area contributed by atoms with Crippen molar-refractivity contribution >= 4 is 65.7 Å². The second kappa shape index (κ2) is 40.5. The average Bonchev–Trinajstić information content (AvgIpc) is 1.54. The van der Waals surface area contributed by atoms with E-state index in [9.17, 15) is 146 Å². The van der Waals surface area contributed by atoms with Crippen molar-refractivity contribution in [2.24, 2.45) is 111 Å². The van der Waals surface area contributed by atoms with Crippen LogP contribution in [-0.2, 0) is 114 Å². The van der Waals surface area contributed by atoms with Gasteiger partial charge in [-0.15, -0.1) is 0 Å². The fourth-order valence-corrected chi connectivity index (χ4v) is 27.4. The second-order valence-corrected chi connectivity index (χ2v) is 43.3. The van der Waals surface area contributed by atoms with Gasteiger partial charge in [0.2, 0.25) is 0 Å². The molecule has 796 valence electrons. The van der Waals surface area contributed by atoms with Crippen molar-refractivity contribution in [3.05, 3.63) is 0 Å². The number of carbonyl (C=O) groups is 11. The minimum atomic E-state index is -5.78. The molecule has 45 heteroatoms. The van der Waals surface area contributed by atoms with Crippen molar-refractivity contribution in [1.29, 1.82) is 0 Å². The van der Waals surface area contributed by atoms with Gasteiger partial charge in [0.15, 0.2) is 13.2 Å². The maximum Gasteiger partial charge on any atom is 0.468 e. The monoisotopic (exact) mass is 2050 g/mol. The van der Waals surface area contributed by atoms with Crippen molar-refractivity contribution in [3.8, 4) is 0 Å². The standard InChI is InChI=1S/C21H27F7O6.C21H27F7O5.C20H26F2O6.C17H24F2O4.C16H22F2O4/c1-3-32-15(30)20(21(26,27)28,33-5-4-19(24,25)16(2,22)23)34-14(29)17-7-12-6-13(8-17)10-18(31,9-12)11-17;1-3-31-16(30)20(21(26,27)28,32-5-4-19(24,25)17(2,22)23)33-15(29)18-9-12-6-13(10-18)8-14(7-12)11-18;1-3-20(7-5-4-6-8-20)28-17(24)13-11-9-10-12(13)16(23)26-14(10)15(11)27-18(25)19(2,21)22;1-3-17(23-14(20)9-22-15(21)16(2,18)19)12-5-10-4-11(7-12)8-13(17)6-10;1-15(22-13(19)8-21-14(20)16(2,17)18)11-4-9-3-10(6-11)7-12(15)5-9/h12-13,31H,3-11H2,1-2H3;12-14H,3-11H2,1-2H3;10-15H,3-9H2,1-2H3;10-13H,3-9H2,1-2H3;9-12H,3-8H2,1-2H3. The zero-order chi connectivity index (χ0) is 104. The first kappa shape index (κ1) is 111. The number of esters is 11. The molecule has 0 amide bonds. The highest BCUT2D eigenvalue weighted by Gasteiger charge is 2.75. The lowest BCUT2D eigenvalue weighted by molar-refractivity contribution is -0.362. The van der Waals surface area contributed by atoms with Crippen LogP contribution in [0.25, 0.3) is 0 Å². The lowest BCUT2D eigenvalue weighted by atomic mass is 9.48. The number of carbonyl (C=O) groups excluding carboxylic acids is 11. The summed E-state index contributed by atoms with van der Waals surface area (Å²) in [5.41, 5.74) is -5.57. The molecule has 0 aromatic rings. The fraction of sp³-hybridized carbons (Fsp3) is 0.884. The fourth-order valence-electron chi connectivity index (χ4n) is 27.4. The molecule has 10 atom stereocenters. The summed E-state index contributed by atoms with van der Waals surface area (Å²) in [6.07, 6.45) is 5.77. The number of fused-ring (bicyclic) bond motifs is 1. The van der Waals surface area contributed by atoms with Gasteiger partial charge in [-0.3, -0.25) is 19.2 Å². The summed E-state index contributed by atoms with van der Waals surface area (Å²) in [5.74, 6) is -50.5.